The molecule has 1 aliphatic heterocycles. The summed E-state index contributed by atoms with van der Waals surface area (Å²) in [6.07, 6.45) is 3.62. The minimum Gasteiger partial charge on any atom is -0.460 e. The average molecular weight is 496 g/mol. The fourth-order valence-corrected chi connectivity index (χ4v) is 5.86. The number of likely N-dealkylation sites (N-methyl/N-ethyl adjacent to an activating group) is 2. The van der Waals surface area contributed by atoms with Crippen LogP contribution < -0.4 is 5.32 Å². The van der Waals surface area contributed by atoms with Crippen molar-refractivity contribution in [1.29, 1.82) is 0 Å². The van der Waals surface area contributed by atoms with Crippen LogP contribution in [0.2, 0.25) is 0 Å². The molecule has 0 aromatic heterocycles. The summed E-state index contributed by atoms with van der Waals surface area (Å²) in [5.74, 6) is -0.205. The van der Waals surface area contributed by atoms with Crippen molar-refractivity contribution in [1.82, 2.24) is 15.1 Å². The number of rotatable bonds is 11. The molecule has 1 heterocycles. The van der Waals surface area contributed by atoms with Crippen LogP contribution in [0.5, 0.6) is 0 Å². The first-order valence-corrected chi connectivity index (χ1v) is 13.2. The predicted octanol–water partition coefficient (Wildman–Crippen LogP) is 3.23. The molecule has 7 atom stereocenters. The highest BCUT2D eigenvalue weighted by molar-refractivity contribution is 5.90. The number of fused-ring (bicyclic) bond motifs is 2. The average Bonchev–Trinajstić information content (AvgIpc) is 3.35. The maximum atomic E-state index is 13.8. The molecular weight excluding hydrogens is 446 g/mol. The highest BCUT2D eigenvalue weighted by atomic mass is 16.6. The first-order chi connectivity index (χ1) is 16.2. The molecule has 8 heteroatoms. The Morgan fingerprint density at radius 1 is 1.14 bits per heavy atom. The lowest BCUT2D eigenvalue weighted by molar-refractivity contribution is -0.161. The van der Waals surface area contributed by atoms with E-state index in [1.807, 2.05) is 41.7 Å². The van der Waals surface area contributed by atoms with Crippen LogP contribution in [0.15, 0.2) is 0 Å². The maximum Gasteiger partial charge on any atom is 0.309 e. The summed E-state index contributed by atoms with van der Waals surface area (Å²) in [7, 11) is 5.34. The molecule has 1 saturated heterocycles. The predicted molar refractivity (Wildman–Crippen MR) is 137 cm³/mol. The van der Waals surface area contributed by atoms with Crippen LogP contribution >= 0.6 is 0 Å². The van der Waals surface area contributed by atoms with Crippen LogP contribution in [-0.2, 0) is 23.9 Å². The molecule has 1 N–H and O–H groups in total. The van der Waals surface area contributed by atoms with E-state index in [4.69, 9.17) is 9.47 Å². The van der Waals surface area contributed by atoms with Gasteiger partial charge in [0.05, 0.1) is 24.6 Å². The van der Waals surface area contributed by atoms with Crippen LogP contribution in [-0.4, -0.2) is 84.7 Å². The monoisotopic (exact) mass is 495 g/mol. The van der Waals surface area contributed by atoms with Gasteiger partial charge in [0.2, 0.25) is 11.8 Å². The van der Waals surface area contributed by atoms with E-state index in [1.54, 1.807) is 19.1 Å². The lowest BCUT2D eigenvalue weighted by Gasteiger charge is -2.40. The lowest BCUT2D eigenvalue weighted by atomic mass is 9.89. The van der Waals surface area contributed by atoms with Crippen molar-refractivity contribution in [2.24, 2.45) is 17.8 Å². The number of esters is 1. The van der Waals surface area contributed by atoms with Crippen molar-refractivity contribution in [3.05, 3.63) is 0 Å². The minimum absolute atomic E-state index is 0.0506. The van der Waals surface area contributed by atoms with Crippen molar-refractivity contribution in [2.45, 2.75) is 116 Å². The Labute approximate surface area is 212 Å². The summed E-state index contributed by atoms with van der Waals surface area (Å²) in [6.45, 7) is 13.5. The van der Waals surface area contributed by atoms with Gasteiger partial charge in [-0.3, -0.25) is 19.3 Å². The van der Waals surface area contributed by atoms with Gasteiger partial charge in [-0.15, -0.1) is 0 Å². The standard InChI is InChI=1S/C27H49N3O5/c1-11-17(4)23(20(34-10)15-21(31)35-27(5,6)7)30(9)26(33)22(16(2)3)28-25(32)24-18-12-13-19(14-18)29(24)8/h16-20,22-24H,11-15H2,1-10H3,(H,28,32)/t17-,18-,19+,20+,22-,23-,24-/m0/s1. The Hall–Kier alpha value is -1.67. The van der Waals surface area contributed by atoms with Gasteiger partial charge in [-0.1, -0.05) is 34.1 Å². The Morgan fingerprint density at radius 2 is 1.77 bits per heavy atom. The van der Waals surface area contributed by atoms with Crippen molar-refractivity contribution in [3.63, 3.8) is 0 Å². The third-order valence-corrected chi connectivity index (χ3v) is 7.90. The smallest absolute Gasteiger partial charge is 0.309 e. The molecule has 0 aromatic rings. The maximum absolute atomic E-state index is 13.8. The number of nitrogens with zero attached hydrogens (tertiary/aromatic N) is 2. The van der Waals surface area contributed by atoms with Gasteiger partial charge in [-0.25, -0.2) is 0 Å². The van der Waals surface area contributed by atoms with Gasteiger partial charge in [0.15, 0.2) is 0 Å². The fraction of sp³-hybridized carbons (Fsp3) is 0.889. The van der Waals surface area contributed by atoms with Crippen LogP contribution in [0.1, 0.15) is 80.6 Å². The molecule has 0 unspecified atom stereocenters. The number of methoxy groups -OCH3 is 1. The molecule has 2 fully saturated rings. The Bertz CT molecular complexity index is 748. The number of hydrogen-bond donors (Lipinski definition) is 1. The van der Waals surface area contributed by atoms with E-state index >= 15 is 0 Å². The van der Waals surface area contributed by atoms with Crippen LogP contribution in [0.25, 0.3) is 0 Å². The normalized spacial score (nSPS) is 25.7. The quantitative estimate of drug-likeness (QED) is 0.443. The largest absolute Gasteiger partial charge is 0.460 e. The van der Waals surface area contributed by atoms with Gasteiger partial charge in [0, 0.05) is 20.2 Å². The van der Waals surface area contributed by atoms with Gasteiger partial charge in [0.1, 0.15) is 11.6 Å². The molecule has 35 heavy (non-hydrogen) atoms. The molecular formula is C27H49N3O5. The topological polar surface area (TPSA) is 88.2 Å². The molecule has 1 saturated carbocycles. The molecule has 0 spiro atoms. The van der Waals surface area contributed by atoms with E-state index in [0.717, 1.165) is 25.7 Å². The molecule has 1 aliphatic carbocycles. The molecule has 2 rings (SSSR count). The van der Waals surface area contributed by atoms with Gasteiger partial charge in [-0.2, -0.15) is 0 Å². The van der Waals surface area contributed by atoms with E-state index < -0.39 is 17.7 Å². The molecule has 2 amide bonds. The van der Waals surface area contributed by atoms with Crippen LogP contribution in [0.3, 0.4) is 0 Å². The van der Waals surface area contributed by atoms with Gasteiger partial charge in [-0.05, 0) is 64.8 Å². The number of nitrogens with one attached hydrogen (secondary N) is 1. The van der Waals surface area contributed by atoms with E-state index in [9.17, 15) is 14.4 Å². The summed E-state index contributed by atoms with van der Waals surface area (Å²) >= 11 is 0. The van der Waals surface area contributed by atoms with Crippen molar-refractivity contribution in [2.75, 3.05) is 21.2 Å². The Balaban J connectivity index is 2.19. The molecule has 8 nitrogen and oxygen atoms in total. The van der Waals surface area contributed by atoms with E-state index in [-0.39, 0.29) is 48.1 Å². The number of carbonyl (C=O) groups is 3. The molecule has 0 radical (unpaired) electrons. The number of piperidine rings is 1. The van der Waals surface area contributed by atoms with Gasteiger partial charge >= 0.3 is 5.97 Å². The van der Waals surface area contributed by atoms with Gasteiger partial charge in [0.25, 0.3) is 0 Å². The number of carbonyl (C=O) groups excluding carboxylic acids is 3. The Morgan fingerprint density at radius 3 is 2.23 bits per heavy atom. The third-order valence-electron chi connectivity index (χ3n) is 7.90. The van der Waals surface area contributed by atoms with Crippen molar-refractivity contribution in [3.8, 4) is 0 Å². The van der Waals surface area contributed by atoms with E-state index in [2.05, 4.69) is 24.1 Å². The zero-order valence-corrected chi connectivity index (χ0v) is 23.6. The van der Waals surface area contributed by atoms with E-state index in [0.29, 0.717) is 12.0 Å². The van der Waals surface area contributed by atoms with Gasteiger partial charge < -0.3 is 19.7 Å². The number of likely N-dealkylation sites (tertiary alicyclic amines) is 1. The second kappa shape index (κ2) is 12.0. The minimum atomic E-state index is -0.648. The second-order valence-corrected chi connectivity index (χ2v) is 12.0. The summed E-state index contributed by atoms with van der Waals surface area (Å²) in [5, 5.41) is 3.09. The molecule has 2 aliphatic rings. The first-order valence-electron chi connectivity index (χ1n) is 13.2. The van der Waals surface area contributed by atoms with Crippen LogP contribution in [0.4, 0.5) is 0 Å². The zero-order chi connectivity index (χ0) is 26.7. The SMILES string of the molecule is CC[C@H](C)[C@@H]([C@@H](CC(=O)OC(C)(C)C)OC)N(C)C(=O)[C@@H](NC(=O)[C@@H]1[C@H]2CC[C@H](C2)N1C)C(C)C. The zero-order valence-electron chi connectivity index (χ0n) is 23.6. The fourth-order valence-electron chi connectivity index (χ4n) is 5.86. The van der Waals surface area contributed by atoms with E-state index in [1.165, 1.54) is 0 Å². The Kier molecular flexibility index (Phi) is 10.2. The second-order valence-electron chi connectivity index (χ2n) is 12.0. The number of amides is 2. The lowest BCUT2D eigenvalue weighted by Crippen LogP contribution is -2.59. The highest BCUT2D eigenvalue weighted by Crippen LogP contribution is 2.41. The van der Waals surface area contributed by atoms with Crippen molar-refractivity contribution >= 4 is 17.8 Å². The molecule has 202 valence electrons. The number of hydrogen-bond acceptors (Lipinski definition) is 6. The first kappa shape index (κ1) is 29.6. The van der Waals surface area contributed by atoms with Crippen LogP contribution in [0, 0.1) is 17.8 Å². The highest BCUT2D eigenvalue weighted by Gasteiger charge is 2.48. The van der Waals surface area contributed by atoms with Crippen molar-refractivity contribution < 1.29 is 23.9 Å². The summed E-state index contributed by atoms with van der Waals surface area (Å²) < 4.78 is 11.3. The third kappa shape index (κ3) is 7.19. The summed E-state index contributed by atoms with van der Waals surface area (Å²) in [6, 6.07) is -0.687. The summed E-state index contributed by atoms with van der Waals surface area (Å²) in [5.41, 5.74) is -0.594. The molecule has 0 aromatic carbocycles. The molecule has 2 bridgehead atoms. The summed E-state index contributed by atoms with van der Waals surface area (Å²) in [4.78, 5) is 43.6. The number of ether oxygens (including phenoxy) is 2.